The third kappa shape index (κ3) is 1.75. The molecule has 1 aromatic carbocycles. The number of nitrogen functional groups attached to an aromatic ring is 1. The van der Waals surface area contributed by atoms with Crippen molar-refractivity contribution in [2.45, 2.75) is 13.3 Å². The molecule has 0 radical (unpaired) electrons. The summed E-state index contributed by atoms with van der Waals surface area (Å²) in [5.74, 6) is 0. The van der Waals surface area contributed by atoms with Crippen LogP contribution in [0.25, 0.3) is 0 Å². The molecular formula is C11H15N3O. The number of carbonyl (C=O) groups is 1. The molecule has 0 aromatic heterocycles. The Labute approximate surface area is 89.1 Å². The molecule has 0 saturated heterocycles. The number of fused-ring (bicyclic) bond motifs is 1. The number of urea groups is 1. The first kappa shape index (κ1) is 9.83. The Morgan fingerprint density at radius 3 is 3.13 bits per heavy atom. The minimum absolute atomic E-state index is 0.0268. The van der Waals surface area contributed by atoms with Crippen LogP contribution in [0, 0.1) is 0 Å². The summed E-state index contributed by atoms with van der Waals surface area (Å²) in [6.07, 6.45) is 0.886. The van der Waals surface area contributed by atoms with Gasteiger partial charge >= 0.3 is 6.03 Å². The van der Waals surface area contributed by atoms with Gasteiger partial charge in [-0.2, -0.15) is 0 Å². The number of rotatable bonds is 1. The van der Waals surface area contributed by atoms with Crippen LogP contribution < -0.4 is 16.0 Å². The van der Waals surface area contributed by atoms with Crippen molar-refractivity contribution in [2.75, 3.05) is 23.7 Å². The van der Waals surface area contributed by atoms with Gasteiger partial charge in [-0.05, 0) is 37.1 Å². The zero-order valence-corrected chi connectivity index (χ0v) is 8.79. The van der Waals surface area contributed by atoms with Crippen LogP contribution in [0.5, 0.6) is 0 Å². The highest BCUT2D eigenvalue weighted by atomic mass is 16.2. The molecule has 0 aliphatic carbocycles. The molecule has 2 rings (SSSR count). The molecule has 1 aromatic rings. The number of anilines is 2. The summed E-state index contributed by atoms with van der Waals surface area (Å²) in [6.45, 7) is 3.31. The van der Waals surface area contributed by atoms with Gasteiger partial charge in [-0.1, -0.05) is 0 Å². The van der Waals surface area contributed by atoms with Crippen molar-refractivity contribution in [3.8, 4) is 0 Å². The Hall–Kier alpha value is -1.71. The average molecular weight is 205 g/mol. The number of hydrogen-bond donors (Lipinski definition) is 2. The summed E-state index contributed by atoms with van der Waals surface area (Å²) in [6, 6.07) is 5.65. The molecule has 0 spiro atoms. The van der Waals surface area contributed by atoms with E-state index >= 15 is 0 Å². The van der Waals surface area contributed by atoms with Crippen LogP contribution in [-0.2, 0) is 6.42 Å². The van der Waals surface area contributed by atoms with E-state index in [4.69, 9.17) is 5.73 Å². The highest BCUT2D eigenvalue weighted by molar-refractivity contribution is 5.94. The Morgan fingerprint density at radius 1 is 1.60 bits per heavy atom. The molecule has 80 valence electrons. The predicted octanol–water partition coefficient (Wildman–Crippen LogP) is 1.36. The lowest BCUT2D eigenvalue weighted by atomic mass is 10.1. The molecule has 4 heteroatoms. The van der Waals surface area contributed by atoms with E-state index in [0.717, 1.165) is 29.9 Å². The molecule has 0 saturated carbocycles. The van der Waals surface area contributed by atoms with Gasteiger partial charge in [-0.15, -0.1) is 0 Å². The summed E-state index contributed by atoms with van der Waals surface area (Å²) < 4.78 is 0. The lowest BCUT2D eigenvalue weighted by Gasteiger charge is -2.17. The number of carbonyl (C=O) groups excluding carboxylic acids is 1. The summed E-state index contributed by atoms with van der Waals surface area (Å²) in [5, 5.41) is 2.80. The van der Waals surface area contributed by atoms with Crippen molar-refractivity contribution in [1.82, 2.24) is 5.32 Å². The second-order valence-corrected chi connectivity index (χ2v) is 3.63. The van der Waals surface area contributed by atoms with Crippen molar-refractivity contribution in [3.05, 3.63) is 23.8 Å². The topological polar surface area (TPSA) is 58.4 Å². The molecule has 0 bridgehead atoms. The molecule has 0 fully saturated rings. The highest BCUT2D eigenvalue weighted by Gasteiger charge is 2.23. The maximum absolute atomic E-state index is 11.7. The zero-order valence-electron chi connectivity index (χ0n) is 8.79. The molecule has 0 unspecified atom stereocenters. The Kier molecular flexibility index (Phi) is 2.49. The number of benzene rings is 1. The van der Waals surface area contributed by atoms with Crippen molar-refractivity contribution in [3.63, 3.8) is 0 Å². The molecule has 2 amide bonds. The average Bonchev–Trinajstić information content (AvgIpc) is 2.60. The molecule has 3 N–H and O–H groups in total. The lowest BCUT2D eigenvalue weighted by molar-refractivity contribution is 0.247. The fourth-order valence-electron chi connectivity index (χ4n) is 1.88. The maximum Gasteiger partial charge on any atom is 0.321 e. The second-order valence-electron chi connectivity index (χ2n) is 3.63. The van der Waals surface area contributed by atoms with E-state index in [1.54, 1.807) is 4.90 Å². The molecule has 1 aliphatic heterocycles. The first-order valence-electron chi connectivity index (χ1n) is 5.16. The maximum atomic E-state index is 11.7. The van der Waals surface area contributed by atoms with E-state index in [0.29, 0.717) is 6.54 Å². The number of nitrogens with two attached hydrogens (primary N) is 1. The summed E-state index contributed by atoms with van der Waals surface area (Å²) >= 11 is 0. The molecule has 1 aliphatic rings. The van der Waals surface area contributed by atoms with E-state index in [1.165, 1.54) is 0 Å². The summed E-state index contributed by atoms with van der Waals surface area (Å²) in [7, 11) is 0. The molecule has 0 atom stereocenters. The highest BCUT2D eigenvalue weighted by Crippen LogP contribution is 2.29. The van der Waals surface area contributed by atoms with E-state index in [2.05, 4.69) is 5.32 Å². The quantitative estimate of drug-likeness (QED) is 0.680. The van der Waals surface area contributed by atoms with Gasteiger partial charge in [-0.25, -0.2) is 4.79 Å². The van der Waals surface area contributed by atoms with Gasteiger partial charge in [0.15, 0.2) is 0 Å². The fraction of sp³-hybridized carbons (Fsp3) is 0.364. The van der Waals surface area contributed by atoms with Crippen LogP contribution in [0.4, 0.5) is 16.2 Å². The minimum atomic E-state index is -0.0268. The summed E-state index contributed by atoms with van der Waals surface area (Å²) in [4.78, 5) is 13.4. The smallest absolute Gasteiger partial charge is 0.321 e. The normalized spacial score (nSPS) is 13.8. The van der Waals surface area contributed by atoms with Gasteiger partial charge in [0.05, 0.1) is 0 Å². The zero-order chi connectivity index (χ0) is 10.8. The van der Waals surface area contributed by atoms with Crippen LogP contribution in [0.2, 0.25) is 0 Å². The van der Waals surface area contributed by atoms with Gasteiger partial charge in [0.1, 0.15) is 0 Å². The van der Waals surface area contributed by atoms with Gasteiger partial charge in [-0.3, -0.25) is 4.90 Å². The van der Waals surface area contributed by atoms with Gasteiger partial charge in [0.2, 0.25) is 0 Å². The standard InChI is InChI=1S/C11H15N3O/c1-2-13-11(15)14-6-5-8-7-9(12)3-4-10(8)14/h3-4,7H,2,5-6,12H2,1H3,(H,13,15). The monoisotopic (exact) mass is 205 g/mol. The van der Waals surface area contributed by atoms with E-state index in [1.807, 2.05) is 25.1 Å². The van der Waals surface area contributed by atoms with Crippen LogP contribution in [0.3, 0.4) is 0 Å². The first-order chi connectivity index (χ1) is 7.22. The predicted molar refractivity (Wildman–Crippen MR) is 61.0 cm³/mol. The van der Waals surface area contributed by atoms with Gasteiger partial charge in [0, 0.05) is 24.5 Å². The van der Waals surface area contributed by atoms with Crippen LogP contribution in [-0.4, -0.2) is 19.1 Å². The molecule has 4 nitrogen and oxygen atoms in total. The van der Waals surface area contributed by atoms with E-state index in [9.17, 15) is 4.79 Å². The third-order valence-corrected chi connectivity index (χ3v) is 2.57. The van der Waals surface area contributed by atoms with Crippen LogP contribution >= 0.6 is 0 Å². The van der Waals surface area contributed by atoms with E-state index < -0.39 is 0 Å². The van der Waals surface area contributed by atoms with Crippen molar-refractivity contribution in [2.24, 2.45) is 0 Å². The molecule has 1 heterocycles. The Balaban J connectivity index is 2.25. The Morgan fingerprint density at radius 2 is 2.40 bits per heavy atom. The number of amides is 2. The van der Waals surface area contributed by atoms with Gasteiger partial charge < -0.3 is 11.1 Å². The minimum Gasteiger partial charge on any atom is -0.399 e. The Bertz CT molecular complexity index is 389. The van der Waals surface area contributed by atoms with Crippen molar-refractivity contribution >= 4 is 17.4 Å². The third-order valence-electron chi connectivity index (χ3n) is 2.57. The summed E-state index contributed by atoms with van der Waals surface area (Å²) in [5.41, 5.74) is 8.58. The van der Waals surface area contributed by atoms with Crippen LogP contribution in [0.1, 0.15) is 12.5 Å². The van der Waals surface area contributed by atoms with Gasteiger partial charge in [0.25, 0.3) is 0 Å². The molecular weight excluding hydrogens is 190 g/mol. The van der Waals surface area contributed by atoms with Crippen LogP contribution in [0.15, 0.2) is 18.2 Å². The first-order valence-corrected chi connectivity index (χ1v) is 5.16. The fourth-order valence-corrected chi connectivity index (χ4v) is 1.88. The molecule has 15 heavy (non-hydrogen) atoms. The van der Waals surface area contributed by atoms with E-state index in [-0.39, 0.29) is 6.03 Å². The van der Waals surface area contributed by atoms with Crippen molar-refractivity contribution < 1.29 is 4.79 Å². The van der Waals surface area contributed by atoms with Crippen molar-refractivity contribution in [1.29, 1.82) is 0 Å². The number of nitrogens with zero attached hydrogens (tertiary/aromatic N) is 1. The largest absolute Gasteiger partial charge is 0.399 e. The second kappa shape index (κ2) is 3.81. The number of hydrogen-bond acceptors (Lipinski definition) is 2. The number of nitrogens with one attached hydrogen (secondary N) is 1. The SMILES string of the molecule is CCNC(=O)N1CCc2cc(N)ccc21. The lowest BCUT2D eigenvalue weighted by Crippen LogP contribution is -2.38.